The van der Waals surface area contributed by atoms with Crippen molar-refractivity contribution in [2.45, 2.75) is 314 Å². The molecule has 0 amide bonds. The van der Waals surface area contributed by atoms with Gasteiger partial charge in [0.25, 0.3) is 0 Å². The van der Waals surface area contributed by atoms with Crippen molar-refractivity contribution in [3.05, 3.63) is 48.6 Å². The van der Waals surface area contributed by atoms with E-state index in [4.69, 9.17) is 23.7 Å². The smallest absolute Gasteiger partial charge is 0.335 e. The van der Waals surface area contributed by atoms with E-state index in [2.05, 4.69) is 69.4 Å². The van der Waals surface area contributed by atoms with Crippen LogP contribution in [0.4, 0.5) is 0 Å². The number of unbranched alkanes of at least 4 members (excludes halogenated alkanes) is 30. The van der Waals surface area contributed by atoms with Crippen molar-refractivity contribution in [3.63, 3.8) is 0 Å². The minimum Gasteiger partial charge on any atom is -0.479 e. The molecule has 0 aliphatic carbocycles. The van der Waals surface area contributed by atoms with Crippen molar-refractivity contribution < 1.29 is 58.2 Å². The second kappa shape index (κ2) is 51.4. The minimum atomic E-state index is -1.90. The largest absolute Gasteiger partial charge is 0.479 e. The predicted molar refractivity (Wildman–Crippen MR) is 303 cm³/mol. The fourth-order valence-electron chi connectivity index (χ4n) is 9.20. The van der Waals surface area contributed by atoms with E-state index in [1.54, 1.807) is 0 Å². The number of carbonyl (C=O) groups is 4. The molecule has 0 radical (unpaired) electrons. The van der Waals surface area contributed by atoms with Gasteiger partial charge in [0.2, 0.25) is 0 Å². The monoisotopic (exact) mass is 1060 g/mol. The third kappa shape index (κ3) is 41.5. The van der Waals surface area contributed by atoms with Crippen LogP contribution in [-0.4, -0.2) is 89.2 Å². The van der Waals surface area contributed by atoms with E-state index in [0.29, 0.717) is 19.3 Å². The van der Waals surface area contributed by atoms with Crippen LogP contribution in [0.25, 0.3) is 0 Å². The number of hydrogen-bond donors (Lipinski definition) is 3. The van der Waals surface area contributed by atoms with Crippen molar-refractivity contribution in [3.8, 4) is 0 Å². The van der Waals surface area contributed by atoms with Crippen molar-refractivity contribution in [1.29, 1.82) is 0 Å². The maximum Gasteiger partial charge on any atom is 0.335 e. The van der Waals surface area contributed by atoms with Gasteiger partial charge in [0.05, 0.1) is 6.61 Å². The Balaban J connectivity index is 2.68. The third-order valence-electron chi connectivity index (χ3n) is 13.9. The molecule has 75 heavy (non-hydrogen) atoms. The first-order valence-corrected chi connectivity index (χ1v) is 30.6. The average Bonchev–Trinajstić information content (AvgIpc) is 3.39. The Morgan fingerprint density at radius 1 is 0.453 bits per heavy atom. The molecule has 1 rings (SSSR count). The Hall–Kier alpha value is -3.32. The summed E-state index contributed by atoms with van der Waals surface area (Å²) in [5.74, 6) is -3.13. The molecule has 12 nitrogen and oxygen atoms in total. The Kier molecular flexibility index (Phi) is 47.8. The van der Waals surface area contributed by atoms with E-state index in [0.717, 1.165) is 103 Å². The topological polar surface area (TPSA) is 175 Å². The molecule has 1 aliphatic rings. The Morgan fingerprint density at radius 2 is 0.840 bits per heavy atom. The lowest BCUT2D eigenvalue weighted by Gasteiger charge is -2.40. The molecule has 0 spiro atoms. The highest BCUT2D eigenvalue weighted by Crippen LogP contribution is 2.26. The lowest BCUT2D eigenvalue weighted by molar-refractivity contribution is -0.301. The molecule has 434 valence electrons. The fraction of sp³-hybridized carbons (Fsp3) is 0.810. The molecule has 1 saturated heterocycles. The molecule has 6 unspecified atom stereocenters. The average molecular weight is 1060 g/mol. The molecule has 0 aromatic carbocycles. The Labute approximate surface area is 456 Å². The van der Waals surface area contributed by atoms with E-state index in [1.165, 1.54) is 116 Å². The number of carboxylic acids is 1. The predicted octanol–water partition coefficient (Wildman–Crippen LogP) is 15.8. The molecule has 0 aromatic rings. The quantitative estimate of drug-likeness (QED) is 0.0228. The summed E-state index contributed by atoms with van der Waals surface area (Å²) in [6.45, 7) is 5.88. The molecule has 12 heteroatoms. The number of aliphatic hydroxyl groups is 2. The van der Waals surface area contributed by atoms with Crippen molar-refractivity contribution in [2.75, 3.05) is 13.2 Å². The first kappa shape index (κ1) is 69.7. The van der Waals surface area contributed by atoms with Crippen LogP contribution in [-0.2, 0) is 42.9 Å². The normalized spacial score (nSPS) is 18.4. The Bertz CT molecular complexity index is 1490. The zero-order chi connectivity index (χ0) is 54.7. The van der Waals surface area contributed by atoms with E-state index in [1.807, 2.05) is 0 Å². The van der Waals surface area contributed by atoms with Crippen LogP contribution >= 0.6 is 0 Å². The zero-order valence-electron chi connectivity index (χ0n) is 47.8. The van der Waals surface area contributed by atoms with Gasteiger partial charge in [-0.25, -0.2) is 4.79 Å². The number of hydrogen-bond acceptors (Lipinski definition) is 11. The van der Waals surface area contributed by atoms with Gasteiger partial charge in [-0.15, -0.1) is 0 Å². The van der Waals surface area contributed by atoms with Gasteiger partial charge in [-0.1, -0.05) is 230 Å². The van der Waals surface area contributed by atoms with Gasteiger partial charge in [-0.05, 0) is 77.0 Å². The number of esters is 3. The van der Waals surface area contributed by atoms with E-state index in [9.17, 15) is 34.5 Å². The number of aliphatic carboxylic acids is 1. The van der Waals surface area contributed by atoms with Gasteiger partial charge in [-0.2, -0.15) is 0 Å². The van der Waals surface area contributed by atoms with Crippen LogP contribution in [0.3, 0.4) is 0 Å². The van der Waals surface area contributed by atoms with E-state index in [-0.39, 0.29) is 25.9 Å². The molecule has 3 N–H and O–H groups in total. The molecule has 1 aliphatic heterocycles. The number of allylic oxidation sites excluding steroid dienone is 8. The maximum absolute atomic E-state index is 13.1. The maximum atomic E-state index is 13.1. The van der Waals surface area contributed by atoms with Crippen LogP contribution in [0.5, 0.6) is 0 Å². The lowest BCUT2D eigenvalue weighted by atomic mass is 9.98. The lowest BCUT2D eigenvalue weighted by Crippen LogP contribution is -2.61. The zero-order valence-corrected chi connectivity index (χ0v) is 47.8. The second-order valence-corrected chi connectivity index (χ2v) is 21.0. The fourth-order valence-corrected chi connectivity index (χ4v) is 9.20. The first-order valence-electron chi connectivity index (χ1n) is 30.6. The Morgan fingerprint density at radius 3 is 1.29 bits per heavy atom. The molecule has 0 bridgehead atoms. The number of aliphatic hydroxyl groups excluding tert-OH is 2. The highest BCUT2D eigenvalue weighted by molar-refractivity contribution is 5.74. The molecule has 1 heterocycles. The van der Waals surface area contributed by atoms with Crippen molar-refractivity contribution in [2.24, 2.45) is 0 Å². The van der Waals surface area contributed by atoms with Crippen LogP contribution < -0.4 is 0 Å². The second-order valence-electron chi connectivity index (χ2n) is 21.0. The summed E-state index contributed by atoms with van der Waals surface area (Å²) in [6, 6.07) is 0. The third-order valence-corrected chi connectivity index (χ3v) is 13.9. The summed E-state index contributed by atoms with van der Waals surface area (Å²) in [5.41, 5.74) is 0. The summed E-state index contributed by atoms with van der Waals surface area (Å²) in [4.78, 5) is 51.2. The van der Waals surface area contributed by atoms with Crippen molar-refractivity contribution in [1.82, 2.24) is 0 Å². The van der Waals surface area contributed by atoms with Crippen LogP contribution in [0.15, 0.2) is 48.6 Å². The SMILES string of the molecule is CC/C=C\C/C=C\C/C=C\CCCCCCCC(=O)OCC(COC1OC(C(=O)O)C(O)C(O)C1OC(=O)CCCCCCCCC/C=C\CCCCCCCC)OC(=O)CCCCCCCCCCCCCCC. The molecular weight excluding hydrogens is 949 g/mol. The summed E-state index contributed by atoms with van der Waals surface area (Å²) in [7, 11) is 0. The molecule has 1 fully saturated rings. The summed E-state index contributed by atoms with van der Waals surface area (Å²) >= 11 is 0. The highest BCUT2D eigenvalue weighted by atomic mass is 16.7. The van der Waals surface area contributed by atoms with Gasteiger partial charge in [-0.3, -0.25) is 14.4 Å². The molecular formula is C63H110O12. The van der Waals surface area contributed by atoms with Gasteiger partial charge in [0, 0.05) is 19.3 Å². The van der Waals surface area contributed by atoms with Crippen molar-refractivity contribution >= 4 is 23.9 Å². The summed E-state index contributed by atoms with van der Waals surface area (Å²) < 4.78 is 28.5. The molecule has 0 saturated carbocycles. The van der Waals surface area contributed by atoms with Crippen LogP contribution in [0, 0.1) is 0 Å². The number of ether oxygens (including phenoxy) is 5. The van der Waals surface area contributed by atoms with Gasteiger partial charge >= 0.3 is 23.9 Å². The summed E-state index contributed by atoms with van der Waals surface area (Å²) in [5, 5.41) is 31.5. The molecule has 6 atom stereocenters. The van der Waals surface area contributed by atoms with Crippen LogP contribution in [0.2, 0.25) is 0 Å². The van der Waals surface area contributed by atoms with E-state index >= 15 is 0 Å². The van der Waals surface area contributed by atoms with Gasteiger partial charge < -0.3 is 39.0 Å². The first-order chi connectivity index (χ1) is 36.6. The molecule has 0 aromatic heterocycles. The van der Waals surface area contributed by atoms with Gasteiger partial charge in [0.15, 0.2) is 24.6 Å². The van der Waals surface area contributed by atoms with E-state index < -0.39 is 67.3 Å². The minimum absolute atomic E-state index is 0.0559. The van der Waals surface area contributed by atoms with Crippen LogP contribution in [0.1, 0.15) is 278 Å². The highest BCUT2D eigenvalue weighted by Gasteiger charge is 2.50. The number of carbonyl (C=O) groups excluding carboxylic acids is 3. The number of carboxylic acid groups (broad SMARTS) is 1. The van der Waals surface area contributed by atoms with Gasteiger partial charge in [0.1, 0.15) is 18.8 Å². The number of rotatable bonds is 52. The standard InChI is InChI=1S/C63H110O12/c1-4-7-10-13-16-19-22-25-27-28-30-33-36-39-42-45-48-51-57(66)74-61-59(68)58(67)60(62(69)70)75-63(61)72-53-54(73-56(65)50-47-44-41-38-35-31-24-21-18-15-12-9-6-3)52-71-55(64)49-46-43-40-37-34-32-29-26-23-20-17-14-11-8-5-2/h8,11,17,20,25-27,29,54,58-61,63,67-68H,4-7,9-10,12-16,18-19,21-24,28,30-53H2,1-3H3,(H,69,70)/b11-8-,20-17-,27-25-,29-26-. The summed E-state index contributed by atoms with van der Waals surface area (Å²) in [6.07, 6.45) is 49.3.